The number of hydrogen-bond donors (Lipinski definition) is 1. The smallest absolute Gasteiger partial charge is 0.277 e. The van der Waals surface area contributed by atoms with E-state index in [9.17, 15) is 4.79 Å². The van der Waals surface area contributed by atoms with Crippen LogP contribution >= 0.6 is 31.9 Å². The Morgan fingerprint density at radius 1 is 1.38 bits per heavy atom. The van der Waals surface area contributed by atoms with Crippen LogP contribution in [0.4, 0.5) is 0 Å². The van der Waals surface area contributed by atoms with E-state index in [-0.39, 0.29) is 12.5 Å². The van der Waals surface area contributed by atoms with E-state index in [2.05, 4.69) is 56.2 Å². The molecule has 1 aromatic carbocycles. The first-order valence-corrected chi connectivity index (χ1v) is 8.95. The van der Waals surface area contributed by atoms with Crippen molar-refractivity contribution in [1.29, 1.82) is 0 Å². The van der Waals surface area contributed by atoms with Gasteiger partial charge in [0.2, 0.25) is 0 Å². The lowest BCUT2D eigenvalue weighted by Crippen LogP contribution is -2.24. The minimum atomic E-state index is -0.341. The second kappa shape index (κ2) is 8.48. The number of carbonyl (C=O) groups excluding carboxylic acids is 1. The quantitative estimate of drug-likeness (QED) is 0.502. The fraction of sp³-hybridized carbons (Fsp3) is 0.294. The summed E-state index contributed by atoms with van der Waals surface area (Å²) in [6.07, 6.45) is 1.42. The highest BCUT2D eigenvalue weighted by molar-refractivity contribution is 9.13. The second-order valence-corrected chi connectivity index (χ2v) is 7.12. The number of amides is 1. The second-order valence-electron chi connectivity index (χ2n) is 5.55. The van der Waals surface area contributed by atoms with Crippen LogP contribution in [0.1, 0.15) is 36.7 Å². The lowest BCUT2D eigenvalue weighted by atomic mass is 10.0. The summed E-state index contributed by atoms with van der Waals surface area (Å²) in [7, 11) is 0. The molecule has 1 heterocycles. The maximum Gasteiger partial charge on any atom is 0.277 e. The van der Waals surface area contributed by atoms with E-state index in [4.69, 9.17) is 9.15 Å². The lowest BCUT2D eigenvalue weighted by molar-refractivity contribution is -0.123. The molecule has 0 atom stereocenters. The van der Waals surface area contributed by atoms with Gasteiger partial charge in [-0.15, -0.1) is 0 Å². The van der Waals surface area contributed by atoms with E-state index in [1.807, 2.05) is 25.1 Å². The van der Waals surface area contributed by atoms with Gasteiger partial charge in [0.1, 0.15) is 11.5 Å². The number of ether oxygens (including phenoxy) is 1. The van der Waals surface area contributed by atoms with E-state index in [0.29, 0.717) is 16.3 Å². The summed E-state index contributed by atoms with van der Waals surface area (Å²) in [6.45, 7) is 6.05. The van der Waals surface area contributed by atoms with E-state index >= 15 is 0 Å². The van der Waals surface area contributed by atoms with Gasteiger partial charge in [-0.3, -0.25) is 4.79 Å². The first-order valence-electron chi connectivity index (χ1n) is 7.37. The number of benzene rings is 1. The van der Waals surface area contributed by atoms with Crippen molar-refractivity contribution in [2.75, 3.05) is 6.61 Å². The zero-order valence-corrected chi connectivity index (χ0v) is 16.8. The van der Waals surface area contributed by atoms with Gasteiger partial charge in [0.15, 0.2) is 11.3 Å². The molecule has 1 aromatic heterocycles. The highest BCUT2D eigenvalue weighted by Crippen LogP contribution is 2.27. The zero-order chi connectivity index (χ0) is 17.7. The lowest BCUT2D eigenvalue weighted by Gasteiger charge is -2.14. The normalized spacial score (nSPS) is 11.2. The fourth-order valence-electron chi connectivity index (χ4n) is 2.01. The fourth-order valence-corrected chi connectivity index (χ4v) is 2.62. The van der Waals surface area contributed by atoms with Gasteiger partial charge in [0, 0.05) is 6.07 Å². The molecule has 24 heavy (non-hydrogen) atoms. The maximum atomic E-state index is 11.8. The van der Waals surface area contributed by atoms with Crippen LogP contribution in [0.15, 0.2) is 42.9 Å². The van der Waals surface area contributed by atoms with Crippen molar-refractivity contribution < 1.29 is 13.9 Å². The minimum Gasteiger partial charge on any atom is -0.483 e. The van der Waals surface area contributed by atoms with Crippen LogP contribution in [0.25, 0.3) is 0 Å². The third kappa shape index (κ3) is 5.21. The minimum absolute atomic E-state index is 0.105. The van der Waals surface area contributed by atoms with E-state index in [1.165, 1.54) is 6.21 Å². The number of nitrogens with one attached hydrogen (secondary N) is 1. The predicted molar refractivity (Wildman–Crippen MR) is 101 cm³/mol. The van der Waals surface area contributed by atoms with Gasteiger partial charge >= 0.3 is 0 Å². The Kier molecular flexibility index (Phi) is 6.62. The first-order chi connectivity index (χ1) is 11.4. The van der Waals surface area contributed by atoms with Gasteiger partial charge in [-0.25, -0.2) is 5.43 Å². The van der Waals surface area contributed by atoms with E-state index < -0.39 is 0 Å². The monoisotopic (exact) mass is 456 g/mol. The average Bonchev–Trinajstić information content (AvgIpc) is 2.83. The van der Waals surface area contributed by atoms with Crippen LogP contribution < -0.4 is 10.2 Å². The third-order valence-electron chi connectivity index (χ3n) is 3.20. The molecule has 0 fully saturated rings. The summed E-state index contributed by atoms with van der Waals surface area (Å²) in [5.74, 6) is 1.21. The molecule has 1 N–H and O–H groups in total. The summed E-state index contributed by atoms with van der Waals surface area (Å²) in [4.78, 5) is 11.8. The number of halogens is 2. The molecular weight excluding hydrogens is 440 g/mol. The van der Waals surface area contributed by atoms with E-state index in [1.54, 1.807) is 6.07 Å². The zero-order valence-electron chi connectivity index (χ0n) is 13.6. The number of rotatable bonds is 6. The highest BCUT2D eigenvalue weighted by Gasteiger charge is 2.10. The third-order valence-corrected chi connectivity index (χ3v) is 4.91. The number of hydrogen-bond acceptors (Lipinski definition) is 4. The summed E-state index contributed by atoms with van der Waals surface area (Å²) in [6, 6.07) is 7.73. The molecule has 2 aromatic rings. The Morgan fingerprint density at radius 2 is 2.12 bits per heavy atom. The van der Waals surface area contributed by atoms with Gasteiger partial charge in [-0.1, -0.05) is 26.0 Å². The molecular formula is C17H18Br2N2O3. The molecule has 0 saturated carbocycles. The van der Waals surface area contributed by atoms with Crippen LogP contribution in [-0.4, -0.2) is 18.7 Å². The number of hydrazone groups is 1. The first kappa shape index (κ1) is 18.7. The van der Waals surface area contributed by atoms with Gasteiger partial charge in [-0.05, 0) is 61.9 Å². The molecule has 1 amide bonds. The molecule has 7 heteroatoms. The Morgan fingerprint density at radius 3 is 2.75 bits per heavy atom. The Hall–Kier alpha value is -1.60. The van der Waals surface area contributed by atoms with Gasteiger partial charge in [0.25, 0.3) is 5.91 Å². The van der Waals surface area contributed by atoms with Crippen LogP contribution in [0.2, 0.25) is 0 Å². The summed E-state index contributed by atoms with van der Waals surface area (Å²) in [5, 5.41) is 3.84. The number of aryl methyl sites for hydroxylation is 1. The summed E-state index contributed by atoms with van der Waals surface area (Å²) in [5.41, 5.74) is 4.56. The molecule has 0 aliphatic heterocycles. The number of nitrogens with zero attached hydrogens (tertiary/aromatic N) is 1. The van der Waals surface area contributed by atoms with Gasteiger partial charge in [-0.2, -0.15) is 5.10 Å². The molecule has 5 nitrogen and oxygen atoms in total. The number of carbonyl (C=O) groups is 1. The molecule has 0 unspecified atom stereocenters. The van der Waals surface area contributed by atoms with Crippen molar-refractivity contribution in [3.05, 3.63) is 50.3 Å². The molecule has 0 aliphatic carbocycles. The van der Waals surface area contributed by atoms with Crippen molar-refractivity contribution in [2.24, 2.45) is 5.10 Å². The van der Waals surface area contributed by atoms with Crippen molar-refractivity contribution in [3.63, 3.8) is 0 Å². The van der Waals surface area contributed by atoms with Crippen LogP contribution in [-0.2, 0) is 4.79 Å². The Balaban J connectivity index is 1.90. The molecule has 0 bridgehead atoms. The van der Waals surface area contributed by atoms with Crippen molar-refractivity contribution in [2.45, 2.75) is 26.7 Å². The standard InChI is InChI=1S/C17H18Br2N2O3/c1-10(2)13-5-4-11(3)6-15(13)23-9-16(22)21-20-8-12-7-14(18)17(19)24-12/h4-8,10H,9H2,1-3H3,(H,21,22)/b20-8+. The topological polar surface area (TPSA) is 63.8 Å². The van der Waals surface area contributed by atoms with Crippen LogP contribution in [0.3, 0.4) is 0 Å². The largest absolute Gasteiger partial charge is 0.483 e. The molecule has 0 saturated heterocycles. The summed E-state index contributed by atoms with van der Waals surface area (Å²) < 4.78 is 12.3. The molecule has 128 valence electrons. The van der Waals surface area contributed by atoms with Crippen LogP contribution in [0, 0.1) is 6.92 Å². The van der Waals surface area contributed by atoms with Crippen molar-refractivity contribution >= 4 is 44.0 Å². The van der Waals surface area contributed by atoms with E-state index in [0.717, 1.165) is 21.3 Å². The van der Waals surface area contributed by atoms with Crippen molar-refractivity contribution in [3.8, 4) is 5.75 Å². The number of furan rings is 1. The Bertz CT molecular complexity index is 735. The summed E-state index contributed by atoms with van der Waals surface area (Å²) >= 11 is 6.53. The van der Waals surface area contributed by atoms with Crippen LogP contribution in [0.5, 0.6) is 5.75 Å². The average molecular weight is 458 g/mol. The molecule has 0 radical (unpaired) electrons. The molecule has 0 aliphatic rings. The maximum absolute atomic E-state index is 11.8. The van der Waals surface area contributed by atoms with Gasteiger partial charge < -0.3 is 9.15 Å². The molecule has 2 rings (SSSR count). The SMILES string of the molecule is Cc1ccc(C(C)C)c(OCC(=O)N/N=C/c2cc(Br)c(Br)o2)c1. The highest BCUT2D eigenvalue weighted by atomic mass is 79.9. The molecule has 0 spiro atoms. The Labute approximate surface area is 157 Å². The van der Waals surface area contributed by atoms with Crippen molar-refractivity contribution in [1.82, 2.24) is 5.43 Å². The van der Waals surface area contributed by atoms with Gasteiger partial charge in [0.05, 0.1) is 10.7 Å². The predicted octanol–water partition coefficient (Wildman–Crippen LogP) is 4.77.